The van der Waals surface area contributed by atoms with E-state index in [0.717, 1.165) is 36.1 Å². The third kappa shape index (κ3) is 5.19. The summed E-state index contributed by atoms with van der Waals surface area (Å²) in [6, 6.07) is 8.21. The zero-order chi connectivity index (χ0) is 11.1. The molecule has 0 amide bonds. The Labute approximate surface area is 99.9 Å². The Kier molecular flexibility index (Phi) is 5.73. The number of hydrogen-bond acceptors (Lipinski definition) is 2. The van der Waals surface area contributed by atoms with Crippen LogP contribution >= 0.6 is 15.9 Å². The number of hydrogen-bond donors (Lipinski definition) is 1. The van der Waals surface area contributed by atoms with E-state index < -0.39 is 0 Å². The molecule has 0 radical (unpaired) electrons. The first-order valence-electron chi connectivity index (χ1n) is 5.36. The second kappa shape index (κ2) is 6.85. The smallest absolute Gasteiger partial charge is 0.120 e. The first kappa shape index (κ1) is 12.5. The maximum absolute atomic E-state index is 5.81. The Morgan fingerprint density at radius 3 is 2.93 bits per heavy atom. The average molecular weight is 272 g/mol. The van der Waals surface area contributed by atoms with Gasteiger partial charge in [-0.05, 0) is 37.5 Å². The molecule has 0 fully saturated rings. The van der Waals surface area contributed by atoms with Gasteiger partial charge in [-0.2, -0.15) is 0 Å². The number of nitrogens with two attached hydrogens (primary N) is 1. The minimum absolute atomic E-state index is 0.316. The van der Waals surface area contributed by atoms with Crippen molar-refractivity contribution in [2.24, 2.45) is 5.73 Å². The third-order valence-electron chi connectivity index (χ3n) is 2.31. The highest BCUT2D eigenvalue weighted by molar-refractivity contribution is 9.10. The summed E-state index contributed by atoms with van der Waals surface area (Å²) in [6.07, 6.45) is 3.09. The first-order chi connectivity index (χ1) is 7.22. The van der Waals surface area contributed by atoms with Crippen molar-refractivity contribution in [2.75, 3.05) is 6.61 Å². The first-order valence-corrected chi connectivity index (χ1v) is 6.15. The normalized spacial score (nSPS) is 12.5. The quantitative estimate of drug-likeness (QED) is 0.806. The molecule has 0 aliphatic heterocycles. The Morgan fingerprint density at radius 1 is 1.47 bits per heavy atom. The molecule has 0 aromatic heterocycles. The van der Waals surface area contributed by atoms with Gasteiger partial charge in [-0.3, -0.25) is 0 Å². The number of halogens is 1. The highest BCUT2D eigenvalue weighted by Crippen LogP contribution is 2.17. The molecule has 1 aromatic rings. The second-order valence-electron chi connectivity index (χ2n) is 3.62. The van der Waals surface area contributed by atoms with Crippen LogP contribution in [0, 0.1) is 0 Å². The van der Waals surface area contributed by atoms with Gasteiger partial charge >= 0.3 is 0 Å². The van der Waals surface area contributed by atoms with E-state index in [9.17, 15) is 0 Å². The van der Waals surface area contributed by atoms with Gasteiger partial charge in [0.15, 0.2) is 0 Å². The molecule has 0 aliphatic rings. The van der Waals surface area contributed by atoms with E-state index in [4.69, 9.17) is 10.5 Å². The van der Waals surface area contributed by atoms with Crippen molar-refractivity contribution < 1.29 is 4.74 Å². The van der Waals surface area contributed by atoms with Gasteiger partial charge in [0.25, 0.3) is 0 Å². The van der Waals surface area contributed by atoms with E-state index in [1.165, 1.54) is 0 Å². The number of rotatable bonds is 6. The molecule has 1 aromatic carbocycles. The van der Waals surface area contributed by atoms with Crippen LogP contribution in [-0.4, -0.2) is 12.6 Å². The minimum Gasteiger partial charge on any atom is -0.494 e. The fourth-order valence-electron chi connectivity index (χ4n) is 1.30. The van der Waals surface area contributed by atoms with E-state index >= 15 is 0 Å². The summed E-state index contributed by atoms with van der Waals surface area (Å²) in [7, 11) is 0. The molecular weight excluding hydrogens is 254 g/mol. The fourth-order valence-corrected chi connectivity index (χ4v) is 1.67. The van der Waals surface area contributed by atoms with Crippen molar-refractivity contribution >= 4 is 15.9 Å². The van der Waals surface area contributed by atoms with E-state index in [-0.39, 0.29) is 0 Å². The molecule has 15 heavy (non-hydrogen) atoms. The Bertz CT molecular complexity index is 291. The van der Waals surface area contributed by atoms with Crippen LogP contribution < -0.4 is 10.5 Å². The van der Waals surface area contributed by atoms with Gasteiger partial charge in [-0.25, -0.2) is 0 Å². The zero-order valence-electron chi connectivity index (χ0n) is 9.08. The lowest BCUT2D eigenvalue weighted by atomic mass is 10.1. The van der Waals surface area contributed by atoms with Crippen LogP contribution in [-0.2, 0) is 0 Å². The summed E-state index contributed by atoms with van der Waals surface area (Å²) in [6.45, 7) is 2.85. The van der Waals surface area contributed by atoms with Gasteiger partial charge < -0.3 is 10.5 Å². The van der Waals surface area contributed by atoms with Crippen molar-refractivity contribution in [3.63, 3.8) is 0 Å². The predicted molar refractivity (Wildman–Crippen MR) is 67.1 cm³/mol. The van der Waals surface area contributed by atoms with E-state index in [1.807, 2.05) is 24.3 Å². The van der Waals surface area contributed by atoms with Crippen molar-refractivity contribution in [1.29, 1.82) is 0 Å². The van der Waals surface area contributed by atoms with Crippen molar-refractivity contribution in [3.8, 4) is 5.75 Å². The van der Waals surface area contributed by atoms with Gasteiger partial charge in [0.05, 0.1) is 6.61 Å². The van der Waals surface area contributed by atoms with Crippen LogP contribution in [0.4, 0.5) is 0 Å². The molecule has 1 unspecified atom stereocenters. The largest absolute Gasteiger partial charge is 0.494 e. The van der Waals surface area contributed by atoms with E-state index in [0.29, 0.717) is 6.04 Å². The van der Waals surface area contributed by atoms with Gasteiger partial charge in [0.1, 0.15) is 5.75 Å². The van der Waals surface area contributed by atoms with Crippen LogP contribution in [0.1, 0.15) is 26.2 Å². The molecule has 1 rings (SSSR count). The third-order valence-corrected chi connectivity index (χ3v) is 2.80. The van der Waals surface area contributed by atoms with Crippen LogP contribution in [0.25, 0.3) is 0 Å². The van der Waals surface area contributed by atoms with Crippen molar-refractivity contribution in [2.45, 2.75) is 32.2 Å². The number of ether oxygens (including phenoxy) is 1. The lowest BCUT2D eigenvalue weighted by Crippen LogP contribution is -2.19. The zero-order valence-corrected chi connectivity index (χ0v) is 10.7. The molecule has 0 bridgehead atoms. The molecular formula is C12H18BrNO. The average Bonchev–Trinajstić information content (AvgIpc) is 2.24. The van der Waals surface area contributed by atoms with Crippen LogP contribution in [0.2, 0.25) is 0 Å². The summed E-state index contributed by atoms with van der Waals surface area (Å²) in [5.41, 5.74) is 5.81. The monoisotopic (exact) mass is 271 g/mol. The lowest BCUT2D eigenvalue weighted by molar-refractivity contribution is 0.300. The Morgan fingerprint density at radius 2 is 2.27 bits per heavy atom. The van der Waals surface area contributed by atoms with Crippen LogP contribution in [0.15, 0.2) is 28.7 Å². The molecule has 0 saturated carbocycles. The van der Waals surface area contributed by atoms with Crippen molar-refractivity contribution in [1.82, 2.24) is 0 Å². The Hall–Kier alpha value is -0.540. The lowest BCUT2D eigenvalue weighted by Gasteiger charge is -2.09. The Balaban J connectivity index is 2.20. The molecule has 1 atom stereocenters. The molecule has 0 spiro atoms. The minimum atomic E-state index is 0.316. The molecule has 0 aliphatic carbocycles. The van der Waals surface area contributed by atoms with Gasteiger partial charge in [0, 0.05) is 10.5 Å². The number of benzene rings is 1. The second-order valence-corrected chi connectivity index (χ2v) is 4.53. The van der Waals surface area contributed by atoms with Gasteiger partial charge in [-0.1, -0.05) is 28.9 Å². The summed E-state index contributed by atoms with van der Waals surface area (Å²) in [5.74, 6) is 0.912. The highest BCUT2D eigenvalue weighted by atomic mass is 79.9. The van der Waals surface area contributed by atoms with Crippen molar-refractivity contribution in [3.05, 3.63) is 28.7 Å². The maximum Gasteiger partial charge on any atom is 0.120 e. The summed E-state index contributed by atoms with van der Waals surface area (Å²) in [5, 5.41) is 0. The van der Waals surface area contributed by atoms with Crippen LogP contribution in [0.5, 0.6) is 5.75 Å². The maximum atomic E-state index is 5.81. The SMILES string of the molecule is CCC(N)CCCOc1cccc(Br)c1. The molecule has 3 heteroatoms. The molecule has 2 nitrogen and oxygen atoms in total. The fraction of sp³-hybridized carbons (Fsp3) is 0.500. The van der Waals surface area contributed by atoms with Crippen LogP contribution in [0.3, 0.4) is 0 Å². The summed E-state index contributed by atoms with van der Waals surface area (Å²) >= 11 is 3.41. The van der Waals surface area contributed by atoms with E-state index in [1.54, 1.807) is 0 Å². The molecule has 84 valence electrons. The standard InChI is InChI=1S/C12H18BrNO/c1-2-11(14)6-4-8-15-12-7-3-5-10(13)9-12/h3,5,7,9,11H,2,4,6,8,14H2,1H3. The topological polar surface area (TPSA) is 35.2 Å². The van der Waals surface area contributed by atoms with Gasteiger partial charge in [0.2, 0.25) is 0 Å². The van der Waals surface area contributed by atoms with Gasteiger partial charge in [-0.15, -0.1) is 0 Å². The highest BCUT2D eigenvalue weighted by Gasteiger charge is 1.99. The molecule has 0 saturated heterocycles. The predicted octanol–water partition coefficient (Wildman–Crippen LogP) is 3.35. The summed E-state index contributed by atoms with van der Waals surface area (Å²) in [4.78, 5) is 0. The molecule has 0 heterocycles. The summed E-state index contributed by atoms with van der Waals surface area (Å²) < 4.78 is 6.64. The molecule has 2 N–H and O–H groups in total. The van der Waals surface area contributed by atoms with E-state index in [2.05, 4.69) is 22.9 Å².